The van der Waals surface area contributed by atoms with E-state index in [-0.39, 0.29) is 24.3 Å². The number of amides is 1. The smallest absolute Gasteiger partial charge is 0.277 e. The van der Waals surface area contributed by atoms with Gasteiger partial charge in [0.05, 0.1) is 5.02 Å². The number of benzene rings is 1. The summed E-state index contributed by atoms with van der Waals surface area (Å²) >= 11 is 11.7. The fourth-order valence-corrected chi connectivity index (χ4v) is 2.28. The highest BCUT2D eigenvalue weighted by molar-refractivity contribution is 6.35. The summed E-state index contributed by atoms with van der Waals surface area (Å²) in [6.07, 6.45) is 0. The molecular formula is C15H20Cl2N2O2. The first-order valence-electron chi connectivity index (χ1n) is 6.75. The Morgan fingerprint density at radius 2 is 1.86 bits per heavy atom. The molecule has 1 aromatic carbocycles. The summed E-state index contributed by atoms with van der Waals surface area (Å²) in [5.74, 6) is 0.627. The van der Waals surface area contributed by atoms with Crippen molar-refractivity contribution in [2.75, 3.05) is 6.61 Å². The minimum Gasteiger partial charge on any atom is -0.482 e. The molecule has 0 aliphatic heterocycles. The second-order valence-corrected chi connectivity index (χ2v) is 6.09. The monoisotopic (exact) mass is 330 g/mol. The highest BCUT2D eigenvalue weighted by atomic mass is 35.5. The quantitative estimate of drug-likeness (QED) is 0.629. The van der Waals surface area contributed by atoms with Gasteiger partial charge in [-0.05, 0) is 30.0 Å². The van der Waals surface area contributed by atoms with Gasteiger partial charge in [0, 0.05) is 10.7 Å². The van der Waals surface area contributed by atoms with Crippen molar-refractivity contribution in [1.29, 1.82) is 0 Å². The molecule has 116 valence electrons. The first-order chi connectivity index (χ1) is 9.81. The third-order valence-electron chi connectivity index (χ3n) is 2.75. The van der Waals surface area contributed by atoms with Crippen LogP contribution in [0, 0.1) is 11.8 Å². The van der Waals surface area contributed by atoms with Crippen molar-refractivity contribution in [2.24, 2.45) is 16.9 Å². The maximum atomic E-state index is 11.7. The zero-order valence-electron chi connectivity index (χ0n) is 12.6. The minimum atomic E-state index is -0.334. The summed E-state index contributed by atoms with van der Waals surface area (Å²) in [6, 6.07) is 4.83. The molecule has 6 heteroatoms. The lowest BCUT2D eigenvalue weighted by molar-refractivity contribution is -0.123. The van der Waals surface area contributed by atoms with Gasteiger partial charge in [-0.2, -0.15) is 5.10 Å². The standard InChI is InChI=1S/C15H20Cl2N2O2/c1-9(2)15(10(3)4)19-18-14(20)8-21-13-6-5-11(16)7-12(13)17/h5-7,9-10H,8H2,1-4H3,(H,18,20). The van der Waals surface area contributed by atoms with Gasteiger partial charge in [0.2, 0.25) is 0 Å². The molecular weight excluding hydrogens is 311 g/mol. The Morgan fingerprint density at radius 3 is 2.38 bits per heavy atom. The van der Waals surface area contributed by atoms with Gasteiger partial charge in [-0.15, -0.1) is 0 Å². The van der Waals surface area contributed by atoms with E-state index in [0.29, 0.717) is 15.8 Å². The Balaban J connectivity index is 2.56. The molecule has 0 unspecified atom stereocenters. The summed E-state index contributed by atoms with van der Waals surface area (Å²) in [5, 5.41) is 5.03. The predicted octanol–water partition coefficient (Wildman–Crippen LogP) is 4.16. The van der Waals surface area contributed by atoms with Gasteiger partial charge in [-0.25, -0.2) is 5.43 Å². The topological polar surface area (TPSA) is 50.7 Å². The molecule has 21 heavy (non-hydrogen) atoms. The Morgan fingerprint density at radius 1 is 1.24 bits per heavy atom. The van der Waals surface area contributed by atoms with Gasteiger partial charge in [0.15, 0.2) is 6.61 Å². The van der Waals surface area contributed by atoms with E-state index in [9.17, 15) is 4.79 Å². The number of nitrogens with one attached hydrogen (secondary N) is 1. The largest absolute Gasteiger partial charge is 0.482 e. The van der Waals surface area contributed by atoms with Gasteiger partial charge < -0.3 is 4.74 Å². The van der Waals surface area contributed by atoms with Gasteiger partial charge in [0.1, 0.15) is 5.75 Å². The van der Waals surface area contributed by atoms with Crippen LogP contribution in [0.2, 0.25) is 10.0 Å². The van der Waals surface area contributed by atoms with Crippen molar-refractivity contribution < 1.29 is 9.53 Å². The SMILES string of the molecule is CC(C)C(=NNC(=O)COc1ccc(Cl)cc1Cl)C(C)C. The molecule has 0 fully saturated rings. The number of carbonyl (C=O) groups excluding carboxylic acids is 1. The number of ether oxygens (including phenoxy) is 1. The number of halogens is 2. The van der Waals surface area contributed by atoms with Crippen LogP contribution in [0.3, 0.4) is 0 Å². The third kappa shape index (κ3) is 5.94. The van der Waals surface area contributed by atoms with Crippen molar-refractivity contribution in [3.63, 3.8) is 0 Å². The molecule has 1 aromatic rings. The number of hydrogen-bond donors (Lipinski definition) is 1. The average molecular weight is 331 g/mol. The van der Waals surface area contributed by atoms with E-state index in [2.05, 4.69) is 10.5 Å². The molecule has 1 rings (SSSR count). The maximum absolute atomic E-state index is 11.7. The number of hydrogen-bond acceptors (Lipinski definition) is 3. The fraction of sp³-hybridized carbons (Fsp3) is 0.467. The van der Waals surface area contributed by atoms with Gasteiger partial charge in [-0.3, -0.25) is 4.79 Å². The molecule has 1 N–H and O–H groups in total. The Bertz CT molecular complexity index is 518. The molecule has 0 aliphatic carbocycles. The first-order valence-corrected chi connectivity index (χ1v) is 7.51. The zero-order valence-corrected chi connectivity index (χ0v) is 14.1. The molecule has 0 spiro atoms. The lowest BCUT2D eigenvalue weighted by atomic mass is 9.98. The first kappa shape index (κ1) is 17.8. The molecule has 0 heterocycles. The number of hydrazone groups is 1. The van der Waals surface area contributed by atoms with E-state index in [0.717, 1.165) is 5.71 Å². The van der Waals surface area contributed by atoms with Crippen LogP contribution in [0.5, 0.6) is 5.75 Å². The molecule has 4 nitrogen and oxygen atoms in total. The van der Waals surface area contributed by atoms with Crippen molar-refractivity contribution >= 4 is 34.8 Å². The molecule has 0 radical (unpaired) electrons. The predicted molar refractivity (Wildman–Crippen MR) is 87.2 cm³/mol. The van der Waals surface area contributed by atoms with Crippen LogP contribution in [-0.2, 0) is 4.79 Å². The van der Waals surface area contributed by atoms with E-state index in [1.54, 1.807) is 18.2 Å². The summed E-state index contributed by atoms with van der Waals surface area (Å²) in [4.78, 5) is 11.7. The van der Waals surface area contributed by atoms with Gasteiger partial charge in [0.25, 0.3) is 5.91 Å². The van der Waals surface area contributed by atoms with Gasteiger partial charge in [-0.1, -0.05) is 50.9 Å². The normalized spacial score (nSPS) is 10.7. The maximum Gasteiger partial charge on any atom is 0.277 e. The van der Waals surface area contributed by atoms with Crippen molar-refractivity contribution in [3.8, 4) is 5.75 Å². The highest BCUT2D eigenvalue weighted by Crippen LogP contribution is 2.27. The summed E-state index contributed by atoms with van der Waals surface area (Å²) < 4.78 is 5.33. The summed E-state index contributed by atoms with van der Waals surface area (Å²) in [6.45, 7) is 7.99. The average Bonchev–Trinajstić information content (AvgIpc) is 2.37. The van der Waals surface area contributed by atoms with Crippen molar-refractivity contribution in [3.05, 3.63) is 28.2 Å². The zero-order chi connectivity index (χ0) is 16.0. The number of carbonyl (C=O) groups is 1. The van der Waals surface area contributed by atoms with Crippen LogP contribution in [-0.4, -0.2) is 18.2 Å². The van der Waals surface area contributed by atoms with Crippen LogP contribution in [0.15, 0.2) is 23.3 Å². The summed E-state index contributed by atoms with van der Waals surface area (Å²) in [5.41, 5.74) is 3.44. The number of rotatable bonds is 6. The fourth-order valence-electron chi connectivity index (χ4n) is 1.82. The van der Waals surface area contributed by atoms with Crippen LogP contribution in [0.4, 0.5) is 0 Å². The Kier molecular flexibility index (Phi) is 6.99. The van der Waals surface area contributed by atoms with Crippen LogP contribution >= 0.6 is 23.2 Å². The van der Waals surface area contributed by atoms with E-state index in [1.807, 2.05) is 27.7 Å². The third-order valence-corrected chi connectivity index (χ3v) is 3.28. The molecule has 0 bridgehead atoms. The minimum absolute atomic E-state index is 0.158. The lowest BCUT2D eigenvalue weighted by Gasteiger charge is -2.14. The van der Waals surface area contributed by atoms with E-state index < -0.39 is 0 Å². The summed E-state index contributed by atoms with van der Waals surface area (Å²) in [7, 11) is 0. The van der Waals surface area contributed by atoms with Crippen LogP contribution in [0.25, 0.3) is 0 Å². The molecule has 0 atom stereocenters. The van der Waals surface area contributed by atoms with Crippen molar-refractivity contribution in [2.45, 2.75) is 27.7 Å². The van der Waals surface area contributed by atoms with E-state index >= 15 is 0 Å². The van der Waals surface area contributed by atoms with Crippen molar-refractivity contribution in [1.82, 2.24) is 5.43 Å². The molecule has 0 aromatic heterocycles. The van der Waals surface area contributed by atoms with E-state index in [1.165, 1.54) is 0 Å². The number of nitrogens with zero attached hydrogens (tertiary/aromatic N) is 1. The Hall–Kier alpha value is -1.26. The molecule has 0 aliphatic rings. The highest BCUT2D eigenvalue weighted by Gasteiger charge is 2.11. The molecule has 1 amide bonds. The Labute approximate surface area is 135 Å². The van der Waals surface area contributed by atoms with E-state index in [4.69, 9.17) is 27.9 Å². The van der Waals surface area contributed by atoms with Crippen LogP contribution in [0.1, 0.15) is 27.7 Å². The second kappa shape index (κ2) is 8.25. The molecule has 0 saturated carbocycles. The van der Waals surface area contributed by atoms with Crippen LogP contribution < -0.4 is 10.2 Å². The molecule has 0 saturated heterocycles. The second-order valence-electron chi connectivity index (χ2n) is 5.24. The lowest BCUT2D eigenvalue weighted by Crippen LogP contribution is -2.28. The van der Waals surface area contributed by atoms with Gasteiger partial charge >= 0.3 is 0 Å².